The van der Waals surface area contributed by atoms with Gasteiger partial charge in [-0.15, -0.1) is 0 Å². The highest BCUT2D eigenvalue weighted by atomic mass is 35.5. The van der Waals surface area contributed by atoms with E-state index in [0.717, 1.165) is 6.42 Å². The first-order valence-electron chi connectivity index (χ1n) is 7.40. The summed E-state index contributed by atoms with van der Waals surface area (Å²) >= 11 is 11.4. The molecule has 1 aromatic rings. The van der Waals surface area contributed by atoms with Crippen molar-refractivity contribution in [2.24, 2.45) is 11.8 Å². The van der Waals surface area contributed by atoms with E-state index in [9.17, 15) is 10.1 Å². The quantitative estimate of drug-likeness (QED) is 0.485. The van der Waals surface area contributed by atoms with Crippen molar-refractivity contribution in [2.45, 2.75) is 39.2 Å². The second-order valence-electron chi connectivity index (χ2n) is 5.89. The highest BCUT2D eigenvalue weighted by Gasteiger charge is 2.27. The maximum Gasteiger partial charge on any atom is 0.271 e. The lowest BCUT2D eigenvalue weighted by Crippen LogP contribution is -2.45. The normalized spacial score (nSPS) is 24.6. The number of nitro benzene ring substituents is 1. The molecule has 1 fully saturated rings. The predicted molar refractivity (Wildman–Crippen MR) is 93.4 cm³/mol. The second kappa shape index (κ2) is 7.24. The Morgan fingerprint density at radius 2 is 2.14 bits per heavy atom. The lowest BCUT2D eigenvalue weighted by Gasteiger charge is -2.35. The minimum absolute atomic E-state index is 0.0191. The summed E-state index contributed by atoms with van der Waals surface area (Å²) in [5, 5.41) is 18.0. The van der Waals surface area contributed by atoms with Crippen LogP contribution in [0.5, 0.6) is 0 Å². The van der Waals surface area contributed by atoms with Crippen molar-refractivity contribution < 1.29 is 4.92 Å². The molecule has 7 heteroatoms. The largest absolute Gasteiger partial charge is 0.359 e. The van der Waals surface area contributed by atoms with Gasteiger partial charge in [0.15, 0.2) is 5.11 Å². The molecule has 0 radical (unpaired) electrons. The average Bonchev–Trinajstić information content (AvgIpc) is 2.46. The lowest BCUT2D eigenvalue weighted by molar-refractivity contribution is -0.384. The number of thiocarbonyl (C=S) groups is 1. The smallest absolute Gasteiger partial charge is 0.271 e. The van der Waals surface area contributed by atoms with Crippen molar-refractivity contribution in [3.8, 4) is 0 Å². The Kier molecular flexibility index (Phi) is 5.58. The van der Waals surface area contributed by atoms with Crippen LogP contribution in [-0.4, -0.2) is 16.1 Å². The van der Waals surface area contributed by atoms with Gasteiger partial charge in [-0.2, -0.15) is 0 Å². The molecule has 0 aliphatic heterocycles. The summed E-state index contributed by atoms with van der Waals surface area (Å²) in [5.74, 6) is 1.20. The Hall–Kier alpha value is -1.40. The summed E-state index contributed by atoms with van der Waals surface area (Å²) in [5.41, 5.74) is 0.430. The predicted octanol–water partition coefficient (Wildman–Crippen LogP) is 4.36. The average molecular weight is 342 g/mol. The number of nitrogens with one attached hydrogen (secondary N) is 2. The third kappa shape index (κ3) is 4.08. The van der Waals surface area contributed by atoms with Crippen LogP contribution >= 0.6 is 23.8 Å². The fourth-order valence-corrected chi connectivity index (χ4v) is 3.26. The molecule has 1 aliphatic rings. The number of benzene rings is 1. The number of rotatable bonds is 3. The van der Waals surface area contributed by atoms with Crippen molar-refractivity contribution in [1.82, 2.24) is 5.32 Å². The summed E-state index contributed by atoms with van der Waals surface area (Å²) in [4.78, 5) is 10.4. The Bertz CT molecular complexity index is 582. The summed E-state index contributed by atoms with van der Waals surface area (Å²) < 4.78 is 0. The fourth-order valence-electron chi connectivity index (χ4n) is 2.84. The van der Waals surface area contributed by atoms with Crippen molar-refractivity contribution in [1.29, 1.82) is 0 Å². The Balaban J connectivity index is 2.03. The Morgan fingerprint density at radius 3 is 2.82 bits per heavy atom. The highest BCUT2D eigenvalue weighted by molar-refractivity contribution is 7.80. The van der Waals surface area contributed by atoms with Crippen LogP contribution in [0, 0.1) is 22.0 Å². The van der Waals surface area contributed by atoms with Crippen LogP contribution < -0.4 is 10.6 Å². The number of hydrogen-bond acceptors (Lipinski definition) is 3. The molecule has 0 bridgehead atoms. The molecule has 0 amide bonds. The van der Waals surface area contributed by atoms with Gasteiger partial charge in [0, 0.05) is 18.2 Å². The van der Waals surface area contributed by atoms with Crippen molar-refractivity contribution in [2.75, 3.05) is 5.32 Å². The van der Waals surface area contributed by atoms with Gasteiger partial charge in [-0.1, -0.05) is 38.3 Å². The molecule has 5 nitrogen and oxygen atoms in total. The number of hydrogen-bond donors (Lipinski definition) is 2. The molecule has 120 valence electrons. The molecule has 0 saturated heterocycles. The van der Waals surface area contributed by atoms with E-state index in [4.69, 9.17) is 23.8 Å². The number of non-ortho nitro benzene ring substituents is 1. The Labute approximate surface area is 140 Å². The minimum Gasteiger partial charge on any atom is -0.359 e. The number of nitrogens with zero attached hydrogens (tertiary/aromatic N) is 1. The molecule has 3 atom stereocenters. The summed E-state index contributed by atoms with van der Waals surface area (Å²) in [6.45, 7) is 4.48. The third-order valence-electron chi connectivity index (χ3n) is 4.43. The maximum atomic E-state index is 10.8. The second-order valence-corrected chi connectivity index (χ2v) is 6.71. The van der Waals surface area contributed by atoms with Gasteiger partial charge < -0.3 is 10.6 Å². The van der Waals surface area contributed by atoms with Crippen LogP contribution in [0.3, 0.4) is 0 Å². The van der Waals surface area contributed by atoms with Gasteiger partial charge in [-0.05, 0) is 36.5 Å². The molecule has 1 aromatic carbocycles. The topological polar surface area (TPSA) is 67.2 Å². The van der Waals surface area contributed by atoms with Crippen molar-refractivity contribution in [3.63, 3.8) is 0 Å². The third-order valence-corrected chi connectivity index (χ3v) is 4.98. The van der Waals surface area contributed by atoms with Crippen LogP contribution in [0.25, 0.3) is 0 Å². The van der Waals surface area contributed by atoms with Crippen molar-refractivity contribution in [3.05, 3.63) is 33.3 Å². The van der Waals surface area contributed by atoms with E-state index in [0.29, 0.717) is 33.7 Å². The summed E-state index contributed by atoms with van der Waals surface area (Å²) in [7, 11) is 0. The van der Waals surface area contributed by atoms with E-state index in [-0.39, 0.29) is 5.69 Å². The molecular weight excluding hydrogens is 322 g/mol. The van der Waals surface area contributed by atoms with Gasteiger partial charge in [-0.3, -0.25) is 10.1 Å². The van der Waals surface area contributed by atoms with Crippen LogP contribution in [-0.2, 0) is 0 Å². The van der Waals surface area contributed by atoms with Gasteiger partial charge in [0.05, 0.1) is 15.6 Å². The van der Waals surface area contributed by atoms with E-state index < -0.39 is 4.92 Å². The minimum atomic E-state index is -0.455. The standard InChI is InChI=1S/C15H20ClN3O2S/c1-9-4-3-5-13(10(9)2)17-15(22)18-14-8-11(19(20)21)6-7-12(14)16/h6-10,13H,3-5H2,1-2H3,(H2,17,18,22). The molecule has 0 heterocycles. The van der Waals surface area contributed by atoms with E-state index in [2.05, 4.69) is 24.5 Å². The first kappa shape index (κ1) is 17.0. The zero-order valence-electron chi connectivity index (χ0n) is 12.6. The number of nitro groups is 1. The van der Waals surface area contributed by atoms with E-state index in [1.165, 1.54) is 31.0 Å². The Morgan fingerprint density at radius 1 is 1.41 bits per heavy atom. The highest BCUT2D eigenvalue weighted by Crippen LogP contribution is 2.30. The SMILES string of the molecule is CC1CCCC(NC(=S)Nc2cc([N+](=O)[O-])ccc2Cl)C1C. The van der Waals surface area contributed by atoms with Crippen LogP contribution in [0.4, 0.5) is 11.4 Å². The first-order valence-corrected chi connectivity index (χ1v) is 8.18. The van der Waals surface area contributed by atoms with E-state index >= 15 is 0 Å². The zero-order chi connectivity index (χ0) is 16.3. The molecule has 3 unspecified atom stereocenters. The number of anilines is 1. The monoisotopic (exact) mass is 341 g/mol. The lowest BCUT2D eigenvalue weighted by atomic mass is 9.78. The van der Waals surface area contributed by atoms with Gasteiger partial charge in [0.2, 0.25) is 0 Å². The maximum absolute atomic E-state index is 10.8. The van der Waals surface area contributed by atoms with E-state index in [1.807, 2.05) is 0 Å². The van der Waals surface area contributed by atoms with E-state index in [1.54, 1.807) is 0 Å². The van der Waals surface area contributed by atoms with Gasteiger partial charge >= 0.3 is 0 Å². The van der Waals surface area contributed by atoms with Gasteiger partial charge in [-0.25, -0.2) is 0 Å². The molecule has 1 aliphatic carbocycles. The molecule has 2 rings (SSSR count). The van der Waals surface area contributed by atoms with Crippen LogP contribution in [0.2, 0.25) is 5.02 Å². The molecule has 22 heavy (non-hydrogen) atoms. The van der Waals surface area contributed by atoms with Crippen molar-refractivity contribution >= 4 is 40.3 Å². The molecule has 1 saturated carbocycles. The molecule has 2 N–H and O–H groups in total. The summed E-state index contributed by atoms with van der Waals surface area (Å²) in [6, 6.07) is 4.58. The van der Waals surface area contributed by atoms with Crippen LogP contribution in [0.15, 0.2) is 18.2 Å². The van der Waals surface area contributed by atoms with Gasteiger partial charge in [0.1, 0.15) is 0 Å². The summed E-state index contributed by atoms with van der Waals surface area (Å²) in [6.07, 6.45) is 3.51. The molecule has 0 spiro atoms. The zero-order valence-corrected chi connectivity index (χ0v) is 14.2. The molecular formula is C15H20ClN3O2S. The first-order chi connectivity index (χ1) is 10.4. The van der Waals surface area contributed by atoms with Crippen LogP contribution in [0.1, 0.15) is 33.1 Å². The molecule has 0 aromatic heterocycles. The number of halogens is 1. The fraction of sp³-hybridized carbons (Fsp3) is 0.533. The van der Waals surface area contributed by atoms with Gasteiger partial charge in [0.25, 0.3) is 5.69 Å².